The van der Waals surface area contributed by atoms with Crippen LogP contribution in [0.1, 0.15) is 0 Å². The van der Waals surface area contributed by atoms with Crippen LogP contribution in [0.3, 0.4) is 0 Å². The zero-order chi connectivity index (χ0) is 4.24. The molecule has 1 rings (SSSR count). The zero-order valence-corrected chi connectivity index (χ0v) is 5.93. The van der Waals surface area contributed by atoms with Crippen molar-refractivity contribution in [2.45, 2.75) is 0 Å². The van der Waals surface area contributed by atoms with Crippen LogP contribution >= 0.6 is 0 Å². The second-order valence-electron chi connectivity index (χ2n) is 1.15. The summed E-state index contributed by atoms with van der Waals surface area (Å²) in [7, 11) is 0. The van der Waals surface area contributed by atoms with Crippen LogP contribution in [0.5, 0.6) is 0 Å². The van der Waals surface area contributed by atoms with Crippen LogP contribution in [0.4, 0.5) is 0 Å². The van der Waals surface area contributed by atoms with E-state index in [1.165, 1.54) is 0 Å². The summed E-state index contributed by atoms with van der Waals surface area (Å²) in [6.45, 7) is 0. The van der Waals surface area contributed by atoms with E-state index in [4.69, 9.17) is 0 Å². The normalized spacial score (nSPS) is 6.86. The number of benzene rings is 1. The molecule has 0 N–H and O–H groups in total. The maximum absolute atomic E-state index is 2.00. The van der Waals surface area contributed by atoms with Gasteiger partial charge in [-0.05, 0) is 0 Å². The van der Waals surface area contributed by atoms with Gasteiger partial charge in [0.25, 0.3) is 0 Å². The van der Waals surface area contributed by atoms with Crippen molar-refractivity contribution < 1.29 is 22.4 Å². The molecule has 1 aromatic carbocycles. The van der Waals surface area contributed by atoms with Gasteiger partial charge < -0.3 is 0 Å². The fraction of sp³-hybridized carbons (Fsp3) is 0. The molecule has 0 spiro atoms. The minimum Gasteiger partial charge on any atom is -0.0623 e. The van der Waals surface area contributed by atoms with Gasteiger partial charge >= 0.3 is 22.4 Å². The second-order valence-corrected chi connectivity index (χ2v) is 1.15. The van der Waals surface area contributed by atoms with E-state index in [0.717, 1.165) is 0 Å². The Morgan fingerprint density at radius 3 is 0.714 bits per heavy atom. The number of rotatable bonds is 0. The Labute approximate surface area is 59.1 Å². The van der Waals surface area contributed by atoms with Gasteiger partial charge in [0.15, 0.2) is 0 Å². The largest absolute Gasteiger partial charge is 1.00 e. The van der Waals surface area contributed by atoms with Gasteiger partial charge in [-0.3, -0.25) is 0 Å². The maximum Gasteiger partial charge on any atom is 1.00 e. The summed E-state index contributed by atoms with van der Waals surface area (Å²) in [6, 6.07) is 12.0. The van der Waals surface area contributed by atoms with E-state index < -0.39 is 0 Å². The van der Waals surface area contributed by atoms with Crippen molar-refractivity contribution in [2.75, 3.05) is 0 Å². The zero-order valence-electron chi connectivity index (χ0n) is 3.77. The summed E-state index contributed by atoms with van der Waals surface area (Å²) in [5.41, 5.74) is 0. The molecule has 0 aliphatic rings. The van der Waals surface area contributed by atoms with Crippen LogP contribution in [0.2, 0.25) is 0 Å². The first-order valence-electron chi connectivity index (χ1n) is 2.00. The molecule has 0 aliphatic carbocycles. The Morgan fingerprint density at radius 2 is 0.571 bits per heavy atom. The Morgan fingerprint density at radius 1 is 0.429 bits per heavy atom. The predicted molar refractivity (Wildman–Crippen MR) is 26.4 cm³/mol. The molecule has 7 heavy (non-hydrogen) atoms. The minimum absolute atomic E-state index is 0. The van der Waals surface area contributed by atoms with Gasteiger partial charge in [-0.2, -0.15) is 0 Å². The standard InChI is InChI=1S/C6H6.Au/c1-2-4-6-5-3-1;/h1-6H;/q;+1. The third kappa shape index (κ3) is 2.63. The van der Waals surface area contributed by atoms with Gasteiger partial charge in [0, 0.05) is 0 Å². The van der Waals surface area contributed by atoms with Gasteiger partial charge in [-0.25, -0.2) is 0 Å². The molecule has 0 heterocycles. The molecule has 0 saturated heterocycles. The van der Waals surface area contributed by atoms with Crippen molar-refractivity contribution in [3.8, 4) is 0 Å². The van der Waals surface area contributed by atoms with E-state index in [2.05, 4.69) is 0 Å². The maximum atomic E-state index is 2.00. The molecule has 0 fully saturated rings. The molecule has 40 valence electrons. The summed E-state index contributed by atoms with van der Waals surface area (Å²) in [5, 5.41) is 0. The fourth-order valence-electron chi connectivity index (χ4n) is 0.385. The van der Waals surface area contributed by atoms with Gasteiger partial charge in [0.05, 0.1) is 0 Å². The quantitative estimate of drug-likeness (QED) is 0.632. The number of hydrogen-bond donors (Lipinski definition) is 0. The van der Waals surface area contributed by atoms with Gasteiger partial charge in [-0.15, -0.1) is 0 Å². The van der Waals surface area contributed by atoms with Crippen LogP contribution < -0.4 is 0 Å². The van der Waals surface area contributed by atoms with Crippen LogP contribution in [-0.2, 0) is 22.4 Å². The first-order chi connectivity index (χ1) is 3.00. The summed E-state index contributed by atoms with van der Waals surface area (Å²) in [4.78, 5) is 0. The molecule has 0 atom stereocenters. The summed E-state index contributed by atoms with van der Waals surface area (Å²) < 4.78 is 0. The molecule has 0 aliphatic heterocycles. The molecule has 0 radical (unpaired) electrons. The molecule has 1 aromatic rings. The SMILES string of the molecule is [Au+].c1ccccc1. The predicted octanol–water partition coefficient (Wildman–Crippen LogP) is 1.68. The van der Waals surface area contributed by atoms with Gasteiger partial charge in [-0.1, -0.05) is 36.4 Å². The van der Waals surface area contributed by atoms with Crippen molar-refractivity contribution >= 4 is 0 Å². The van der Waals surface area contributed by atoms with E-state index in [-0.39, 0.29) is 22.4 Å². The Balaban J connectivity index is 0.000000360. The average Bonchev–Trinajstić information content (AvgIpc) is 1.72. The minimum atomic E-state index is 0. The topological polar surface area (TPSA) is 0 Å². The monoisotopic (exact) mass is 275 g/mol. The molecule has 0 nitrogen and oxygen atoms in total. The Hall–Kier alpha value is -0.0397. The summed E-state index contributed by atoms with van der Waals surface area (Å²) in [5.74, 6) is 0. The van der Waals surface area contributed by atoms with E-state index in [0.29, 0.717) is 0 Å². The smallest absolute Gasteiger partial charge is 0.0623 e. The van der Waals surface area contributed by atoms with Crippen molar-refractivity contribution in [3.63, 3.8) is 0 Å². The number of hydrogen-bond acceptors (Lipinski definition) is 0. The Bertz CT molecular complexity index is 76.1. The molecule has 0 bridgehead atoms. The average molecular weight is 275 g/mol. The van der Waals surface area contributed by atoms with E-state index in [1.54, 1.807) is 0 Å². The van der Waals surface area contributed by atoms with Crippen molar-refractivity contribution in [3.05, 3.63) is 36.4 Å². The van der Waals surface area contributed by atoms with Crippen molar-refractivity contribution in [1.82, 2.24) is 0 Å². The third-order valence-corrected chi connectivity index (χ3v) is 0.667. The molecule has 1 heteroatoms. The van der Waals surface area contributed by atoms with Crippen LogP contribution in [0.25, 0.3) is 0 Å². The molecule has 0 unspecified atom stereocenters. The second kappa shape index (κ2) is 4.13. The molecule has 0 amide bonds. The van der Waals surface area contributed by atoms with E-state index >= 15 is 0 Å². The van der Waals surface area contributed by atoms with Crippen LogP contribution in [0, 0.1) is 0 Å². The third-order valence-electron chi connectivity index (χ3n) is 0.667. The fourth-order valence-corrected chi connectivity index (χ4v) is 0.385. The summed E-state index contributed by atoms with van der Waals surface area (Å²) >= 11 is 0. The first kappa shape index (κ1) is 6.96. The van der Waals surface area contributed by atoms with Crippen molar-refractivity contribution in [2.24, 2.45) is 0 Å². The van der Waals surface area contributed by atoms with Crippen molar-refractivity contribution in [1.29, 1.82) is 0 Å². The van der Waals surface area contributed by atoms with Crippen LogP contribution in [0.15, 0.2) is 36.4 Å². The molecular weight excluding hydrogens is 269 g/mol. The van der Waals surface area contributed by atoms with Gasteiger partial charge in [0.1, 0.15) is 0 Å². The van der Waals surface area contributed by atoms with Gasteiger partial charge in [0.2, 0.25) is 0 Å². The molecule has 0 aromatic heterocycles. The van der Waals surface area contributed by atoms with E-state index in [9.17, 15) is 0 Å². The summed E-state index contributed by atoms with van der Waals surface area (Å²) in [6.07, 6.45) is 0. The van der Waals surface area contributed by atoms with E-state index in [1.807, 2.05) is 36.4 Å². The van der Waals surface area contributed by atoms with Crippen LogP contribution in [-0.4, -0.2) is 0 Å². The molecular formula is C6H6Au+. The molecule has 0 saturated carbocycles. The first-order valence-corrected chi connectivity index (χ1v) is 2.00. The Kier molecular flexibility index (Phi) is 4.10.